The molecule has 20 heavy (non-hydrogen) atoms. The van der Waals surface area contributed by atoms with Crippen LogP contribution in [0, 0.1) is 29.0 Å². The number of halogens is 1. The second kappa shape index (κ2) is 7.40. The number of nitrogens with one attached hydrogen (secondary N) is 1. The van der Waals surface area contributed by atoms with Gasteiger partial charge in [-0.2, -0.15) is 5.26 Å². The second-order valence-corrected chi connectivity index (χ2v) is 6.02. The van der Waals surface area contributed by atoms with Crippen LogP contribution < -0.4 is 5.32 Å². The lowest BCUT2D eigenvalue weighted by Crippen LogP contribution is -2.20. The molecular weight excluding hydrogens is 251 g/mol. The molecule has 108 valence electrons. The van der Waals surface area contributed by atoms with Crippen LogP contribution in [0.1, 0.15) is 50.2 Å². The van der Waals surface area contributed by atoms with Crippen molar-refractivity contribution in [1.29, 1.82) is 5.26 Å². The van der Waals surface area contributed by atoms with Crippen molar-refractivity contribution in [2.75, 3.05) is 6.54 Å². The average Bonchev–Trinajstić information content (AvgIpc) is 2.47. The van der Waals surface area contributed by atoms with E-state index in [4.69, 9.17) is 5.26 Å². The molecule has 1 N–H and O–H groups in total. The topological polar surface area (TPSA) is 35.8 Å². The molecule has 2 rings (SSSR count). The lowest BCUT2D eigenvalue weighted by Gasteiger charge is -2.26. The van der Waals surface area contributed by atoms with Crippen molar-refractivity contribution in [1.82, 2.24) is 5.32 Å². The van der Waals surface area contributed by atoms with Gasteiger partial charge in [-0.25, -0.2) is 4.39 Å². The standard InChI is InChI=1S/C17H23FN2/c1-13-2-4-14(5-3-13)8-9-20-12-15-6-7-17(18)16(10-15)11-19/h6-7,10,13-14,20H,2-5,8-9,12H2,1H3. The van der Waals surface area contributed by atoms with Crippen LogP contribution in [0.5, 0.6) is 0 Å². The molecule has 1 saturated carbocycles. The Morgan fingerprint density at radius 1 is 1.30 bits per heavy atom. The van der Waals surface area contributed by atoms with Gasteiger partial charge in [-0.3, -0.25) is 0 Å². The third kappa shape index (κ3) is 4.31. The molecule has 3 heteroatoms. The van der Waals surface area contributed by atoms with E-state index in [-0.39, 0.29) is 5.56 Å². The van der Waals surface area contributed by atoms with Gasteiger partial charge in [0.25, 0.3) is 0 Å². The van der Waals surface area contributed by atoms with E-state index >= 15 is 0 Å². The number of nitrogens with zero attached hydrogens (tertiary/aromatic N) is 1. The fraction of sp³-hybridized carbons (Fsp3) is 0.588. The molecule has 0 radical (unpaired) electrons. The van der Waals surface area contributed by atoms with Crippen molar-refractivity contribution in [3.05, 3.63) is 35.1 Å². The van der Waals surface area contributed by atoms with E-state index < -0.39 is 5.82 Å². The van der Waals surface area contributed by atoms with E-state index in [0.717, 1.165) is 23.9 Å². The maximum absolute atomic E-state index is 13.2. The number of benzene rings is 1. The first kappa shape index (κ1) is 15.0. The Morgan fingerprint density at radius 2 is 2.05 bits per heavy atom. The number of hydrogen-bond donors (Lipinski definition) is 1. The Hall–Kier alpha value is -1.40. The second-order valence-electron chi connectivity index (χ2n) is 6.02. The molecule has 1 aliphatic rings. The Labute approximate surface area is 121 Å². The third-order valence-corrected chi connectivity index (χ3v) is 4.35. The maximum atomic E-state index is 13.2. The summed E-state index contributed by atoms with van der Waals surface area (Å²) in [5, 5.41) is 12.2. The van der Waals surface area contributed by atoms with Crippen LogP contribution in [0.2, 0.25) is 0 Å². The lowest BCUT2D eigenvalue weighted by molar-refractivity contribution is 0.275. The van der Waals surface area contributed by atoms with Crippen LogP contribution in [0.4, 0.5) is 4.39 Å². The Kier molecular flexibility index (Phi) is 5.55. The summed E-state index contributed by atoms with van der Waals surface area (Å²) in [6.07, 6.45) is 6.68. The molecule has 0 atom stereocenters. The summed E-state index contributed by atoms with van der Waals surface area (Å²) in [5.74, 6) is 1.33. The van der Waals surface area contributed by atoms with Gasteiger partial charge < -0.3 is 5.32 Å². The predicted molar refractivity (Wildman–Crippen MR) is 78.6 cm³/mol. The number of nitriles is 1. The maximum Gasteiger partial charge on any atom is 0.140 e. The summed E-state index contributed by atoms with van der Waals surface area (Å²) in [4.78, 5) is 0. The minimum absolute atomic E-state index is 0.130. The largest absolute Gasteiger partial charge is 0.313 e. The van der Waals surface area contributed by atoms with E-state index in [0.29, 0.717) is 6.54 Å². The summed E-state index contributed by atoms with van der Waals surface area (Å²) in [6.45, 7) is 4.05. The molecular formula is C17H23FN2. The van der Waals surface area contributed by atoms with Crippen molar-refractivity contribution in [2.45, 2.75) is 45.6 Å². The number of rotatable bonds is 5. The highest BCUT2D eigenvalue weighted by molar-refractivity contribution is 5.34. The van der Waals surface area contributed by atoms with Crippen LogP contribution in [-0.4, -0.2) is 6.54 Å². The molecule has 0 heterocycles. The fourth-order valence-electron chi connectivity index (χ4n) is 2.92. The van der Waals surface area contributed by atoms with Crippen molar-refractivity contribution >= 4 is 0 Å². The van der Waals surface area contributed by atoms with Crippen LogP contribution in [0.15, 0.2) is 18.2 Å². The molecule has 0 aromatic heterocycles. The monoisotopic (exact) mass is 274 g/mol. The summed E-state index contributed by atoms with van der Waals surface area (Å²) >= 11 is 0. The zero-order chi connectivity index (χ0) is 14.4. The first-order valence-electron chi connectivity index (χ1n) is 7.58. The van der Waals surface area contributed by atoms with Crippen molar-refractivity contribution in [3.8, 4) is 6.07 Å². The zero-order valence-corrected chi connectivity index (χ0v) is 12.2. The van der Waals surface area contributed by atoms with E-state index in [1.54, 1.807) is 12.1 Å². The minimum Gasteiger partial charge on any atom is -0.313 e. The Balaban J connectivity index is 1.70. The molecule has 0 bridgehead atoms. The normalized spacial score (nSPS) is 22.4. The SMILES string of the molecule is CC1CCC(CCNCc2ccc(F)c(C#N)c2)CC1. The van der Waals surface area contributed by atoms with Crippen molar-refractivity contribution in [2.24, 2.45) is 11.8 Å². The van der Waals surface area contributed by atoms with Gasteiger partial charge in [0.2, 0.25) is 0 Å². The van der Waals surface area contributed by atoms with Gasteiger partial charge in [-0.1, -0.05) is 38.7 Å². The smallest absolute Gasteiger partial charge is 0.140 e. The van der Waals surface area contributed by atoms with Gasteiger partial charge in [0, 0.05) is 6.54 Å². The van der Waals surface area contributed by atoms with Crippen LogP contribution in [0.3, 0.4) is 0 Å². The van der Waals surface area contributed by atoms with Gasteiger partial charge in [0.05, 0.1) is 5.56 Å². The summed E-state index contributed by atoms with van der Waals surface area (Å²) < 4.78 is 13.2. The molecule has 2 nitrogen and oxygen atoms in total. The summed E-state index contributed by atoms with van der Waals surface area (Å²) in [6, 6.07) is 6.62. The van der Waals surface area contributed by atoms with Gasteiger partial charge in [-0.05, 0) is 42.5 Å². The Morgan fingerprint density at radius 3 is 2.75 bits per heavy atom. The van der Waals surface area contributed by atoms with Gasteiger partial charge in [0.1, 0.15) is 11.9 Å². The average molecular weight is 274 g/mol. The molecule has 0 spiro atoms. The molecule has 0 aliphatic heterocycles. The molecule has 1 aliphatic carbocycles. The zero-order valence-electron chi connectivity index (χ0n) is 12.2. The Bertz CT molecular complexity index is 470. The molecule has 0 saturated heterocycles. The predicted octanol–water partition coefficient (Wildman–Crippen LogP) is 4.00. The minimum atomic E-state index is -0.437. The number of hydrogen-bond acceptors (Lipinski definition) is 2. The molecule has 0 unspecified atom stereocenters. The van der Waals surface area contributed by atoms with E-state index in [1.165, 1.54) is 38.2 Å². The summed E-state index contributed by atoms with van der Waals surface area (Å²) in [7, 11) is 0. The highest BCUT2D eigenvalue weighted by atomic mass is 19.1. The van der Waals surface area contributed by atoms with Crippen LogP contribution in [0.25, 0.3) is 0 Å². The first-order chi connectivity index (χ1) is 9.69. The quantitative estimate of drug-likeness (QED) is 0.824. The van der Waals surface area contributed by atoms with Crippen molar-refractivity contribution < 1.29 is 4.39 Å². The third-order valence-electron chi connectivity index (χ3n) is 4.35. The van der Waals surface area contributed by atoms with E-state index in [2.05, 4.69) is 12.2 Å². The highest BCUT2D eigenvalue weighted by Crippen LogP contribution is 2.29. The van der Waals surface area contributed by atoms with E-state index in [9.17, 15) is 4.39 Å². The molecule has 0 amide bonds. The molecule has 1 aromatic rings. The van der Waals surface area contributed by atoms with Gasteiger partial charge in [-0.15, -0.1) is 0 Å². The first-order valence-corrected chi connectivity index (χ1v) is 7.58. The van der Waals surface area contributed by atoms with Gasteiger partial charge in [0.15, 0.2) is 0 Å². The van der Waals surface area contributed by atoms with Crippen molar-refractivity contribution in [3.63, 3.8) is 0 Å². The highest BCUT2D eigenvalue weighted by Gasteiger charge is 2.17. The van der Waals surface area contributed by atoms with Crippen LogP contribution >= 0.6 is 0 Å². The fourth-order valence-corrected chi connectivity index (χ4v) is 2.92. The van der Waals surface area contributed by atoms with Crippen LogP contribution in [-0.2, 0) is 6.54 Å². The van der Waals surface area contributed by atoms with Gasteiger partial charge >= 0.3 is 0 Å². The summed E-state index contributed by atoms with van der Waals surface area (Å²) in [5.41, 5.74) is 1.10. The lowest BCUT2D eigenvalue weighted by atomic mass is 9.81. The molecule has 1 aromatic carbocycles. The van der Waals surface area contributed by atoms with E-state index in [1.807, 2.05) is 6.07 Å². The molecule has 1 fully saturated rings.